The second-order valence-electron chi connectivity index (χ2n) is 9.24. The predicted octanol–water partition coefficient (Wildman–Crippen LogP) is 2.69. The summed E-state index contributed by atoms with van der Waals surface area (Å²) in [6.07, 6.45) is 0. The fraction of sp³-hybridized carbons (Fsp3) is 0.500. The van der Waals surface area contributed by atoms with Crippen LogP contribution in [-0.4, -0.2) is 52.4 Å². The van der Waals surface area contributed by atoms with Gasteiger partial charge >= 0.3 is 0 Å². The molecule has 2 amide bonds. The number of aromatic nitrogens is 2. The van der Waals surface area contributed by atoms with E-state index in [2.05, 4.69) is 15.6 Å². The van der Waals surface area contributed by atoms with Gasteiger partial charge in [-0.1, -0.05) is 20.8 Å². The lowest BCUT2D eigenvalue weighted by Crippen LogP contribution is -2.53. The second-order valence-corrected chi connectivity index (χ2v) is 9.24. The Hall–Kier alpha value is -2.88. The van der Waals surface area contributed by atoms with Crippen LogP contribution in [0.25, 0.3) is 11.4 Å². The Kier molecular flexibility index (Phi) is 6.37. The minimum atomic E-state index is -1.30. The van der Waals surface area contributed by atoms with Gasteiger partial charge in [-0.3, -0.25) is 14.5 Å². The van der Waals surface area contributed by atoms with Crippen molar-refractivity contribution in [1.29, 1.82) is 0 Å². The van der Waals surface area contributed by atoms with Crippen molar-refractivity contribution in [3.63, 3.8) is 0 Å². The van der Waals surface area contributed by atoms with E-state index in [1.807, 2.05) is 39.6 Å². The topological polar surface area (TPSA) is 79.3 Å². The monoisotopic (exact) mass is 451 g/mol. The van der Waals surface area contributed by atoms with Gasteiger partial charge in [0.25, 0.3) is 5.91 Å². The third-order valence-corrected chi connectivity index (χ3v) is 5.79. The molecule has 0 bridgehead atoms. The lowest BCUT2D eigenvalue weighted by atomic mass is 9.86. The van der Waals surface area contributed by atoms with Crippen LogP contribution in [0.3, 0.4) is 0 Å². The molecule has 0 radical (unpaired) electrons. The van der Waals surface area contributed by atoms with Gasteiger partial charge < -0.3 is 15.2 Å². The summed E-state index contributed by atoms with van der Waals surface area (Å²) in [6.45, 7) is 8.10. The first kappa shape index (κ1) is 23.8. The maximum atomic E-state index is 14.6. The summed E-state index contributed by atoms with van der Waals surface area (Å²) in [6, 6.07) is 0.396. The number of amides is 2. The van der Waals surface area contributed by atoms with Gasteiger partial charge in [0.05, 0.1) is 11.3 Å². The van der Waals surface area contributed by atoms with Crippen LogP contribution in [0.5, 0.6) is 0 Å². The molecule has 2 N–H and O–H groups in total. The molecule has 0 spiro atoms. The lowest BCUT2D eigenvalue weighted by Gasteiger charge is -2.32. The first-order valence-corrected chi connectivity index (χ1v) is 10.3. The molecular weight excluding hydrogens is 423 g/mol. The molecule has 2 unspecified atom stereocenters. The fourth-order valence-corrected chi connectivity index (χ4v) is 3.74. The lowest BCUT2D eigenvalue weighted by molar-refractivity contribution is -0.124. The molecule has 1 aliphatic rings. The number of hydrogen-bond acceptors (Lipinski definition) is 4. The summed E-state index contributed by atoms with van der Waals surface area (Å²) in [5.41, 5.74) is -0.303. The van der Waals surface area contributed by atoms with E-state index in [0.717, 1.165) is 6.07 Å². The van der Waals surface area contributed by atoms with Gasteiger partial charge in [-0.2, -0.15) is 0 Å². The SMILES string of the molecule is CNC(=O)C(NC(=O)c1nc(-c2cc(F)c(F)cc2F)n2c1CN(C)C(C)C2)C(C)(C)C. The summed E-state index contributed by atoms with van der Waals surface area (Å²) in [5, 5.41) is 5.27. The maximum Gasteiger partial charge on any atom is 0.272 e. The van der Waals surface area contributed by atoms with E-state index >= 15 is 0 Å². The van der Waals surface area contributed by atoms with E-state index in [4.69, 9.17) is 0 Å². The number of nitrogens with zero attached hydrogens (tertiary/aromatic N) is 3. The van der Waals surface area contributed by atoms with Crippen LogP contribution in [0.2, 0.25) is 0 Å². The molecule has 10 heteroatoms. The van der Waals surface area contributed by atoms with Crippen LogP contribution in [0.15, 0.2) is 12.1 Å². The molecule has 3 rings (SSSR count). The summed E-state index contributed by atoms with van der Waals surface area (Å²) in [7, 11) is 3.36. The molecule has 1 aliphatic heterocycles. The van der Waals surface area contributed by atoms with Crippen molar-refractivity contribution in [3.8, 4) is 11.4 Å². The van der Waals surface area contributed by atoms with E-state index in [9.17, 15) is 22.8 Å². The number of nitrogens with one attached hydrogen (secondary N) is 2. The third-order valence-electron chi connectivity index (χ3n) is 5.79. The molecule has 32 heavy (non-hydrogen) atoms. The number of hydrogen-bond donors (Lipinski definition) is 2. The molecule has 1 aromatic heterocycles. The molecule has 0 fully saturated rings. The van der Waals surface area contributed by atoms with Crippen molar-refractivity contribution in [2.45, 2.75) is 52.9 Å². The van der Waals surface area contributed by atoms with Crippen LogP contribution in [0.1, 0.15) is 43.9 Å². The Morgan fingerprint density at radius 1 is 1.16 bits per heavy atom. The Morgan fingerprint density at radius 3 is 2.38 bits per heavy atom. The van der Waals surface area contributed by atoms with Gasteiger partial charge in [0, 0.05) is 32.2 Å². The van der Waals surface area contributed by atoms with Crippen molar-refractivity contribution in [1.82, 2.24) is 25.1 Å². The van der Waals surface area contributed by atoms with Crippen molar-refractivity contribution in [2.75, 3.05) is 14.1 Å². The Bertz CT molecular complexity index is 1060. The standard InChI is InChI=1S/C22H28F3N5O2/c1-11-9-30-16(10-29(11)6)17(20(31)28-18(21(32)26-5)22(2,3)4)27-19(30)12-7-14(24)15(25)8-13(12)23/h7-8,11,18H,9-10H2,1-6H3,(H,26,32)(H,28,31). The zero-order valence-corrected chi connectivity index (χ0v) is 19.0. The molecule has 7 nitrogen and oxygen atoms in total. The van der Waals surface area contributed by atoms with Gasteiger partial charge in [-0.15, -0.1) is 0 Å². The highest BCUT2D eigenvalue weighted by Crippen LogP contribution is 2.31. The molecule has 2 aromatic rings. The molecule has 1 aromatic carbocycles. The van der Waals surface area contributed by atoms with Gasteiger partial charge in [-0.05, 0) is 25.5 Å². The molecule has 174 valence electrons. The molecular formula is C22H28F3N5O2. The average Bonchev–Trinajstić information content (AvgIpc) is 3.05. The van der Waals surface area contributed by atoms with Crippen molar-refractivity contribution < 1.29 is 22.8 Å². The summed E-state index contributed by atoms with van der Waals surface area (Å²) < 4.78 is 43.6. The number of likely N-dealkylation sites (N-methyl/N-ethyl adjacent to an activating group) is 2. The Morgan fingerprint density at radius 2 is 1.78 bits per heavy atom. The van der Waals surface area contributed by atoms with Gasteiger partial charge in [0.2, 0.25) is 5.91 Å². The van der Waals surface area contributed by atoms with E-state index in [0.29, 0.717) is 24.8 Å². The number of carbonyl (C=O) groups is 2. The van der Waals surface area contributed by atoms with Crippen molar-refractivity contribution >= 4 is 11.8 Å². The van der Waals surface area contributed by atoms with Crippen LogP contribution in [-0.2, 0) is 17.9 Å². The Balaban J connectivity index is 2.12. The second kappa shape index (κ2) is 8.57. The number of benzene rings is 1. The van der Waals surface area contributed by atoms with Crippen molar-refractivity contribution in [3.05, 3.63) is 41.0 Å². The Labute approximate surface area is 185 Å². The number of fused-ring (bicyclic) bond motifs is 1. The number of imidazole rings is 1. The number of halogens is 3. The number of rotatable bonds is 4. The molecule has 2 atom stereocenters. The first-order valence-electron chi connectivity index (χ1n) is 10.3. The molecule has 0 aliphatic carbocycles. The van der Waals surface area contributed by atoms with Crippen LogP contribution >= 0.6 is 0 Å². The van der Waals surface area contributed by atoms with Crippen LogP contribution in [0, 0.1) is 22.9 Å². The fourth-order valence-electron chi connectivity index (χ4n) is 3.74. The van der Waals surface area contributed by atoms with Gasteiger partial charge in [-0.25, -0.2) is 18.2 Å². The predicted molar refractivity (Wildman–Crippen MR) is 113 cm³/mol. The quantitative estimate of drug-likeness (QED) is 0.701. The first-order chi connectivity index (χ1) is 14.8. The van der Waals surface area contributed by atoms with Crippen LogP contribution in [0.4, 0.5) is 13.2 Å². The van der Waals surface area contributed by atoms with E-state index in [1.54, 1.807) is 4.57 Å². The minimum Gasteiger partial charge on any atom is -0.357 e. The van der Waals surface area contributed by atoms with Crippen molar-refractivity contribution in [2.24, 2.45) is 5.41 Å². The highest BCUT2D eigenvalue weighted by molar-refractivity contribution is 5.98. The highest BCUT2D eigenvalue weighted by Gasteiger charge is 2.36. The van der Waals surface area contributed by atoms with Crippen LogP contribution < -0.4 is 10.6 Å². The zero-order chi connectivity index (χ0) is 24.0. The van der Waals surface area contributed by atoms with Gasteiger partial charge in [0.15, 0.2) is 17.3 Å². The summed E-state index contributed by atoms with van der Waals surface area (Å²) >= 11 is 0. The largest absolute Gasteiger partial charge is 0.357 e. The van der Waals surface area contributed by atoms with E-state index in [-0.39, 0.29) is 29.0 Å². The highest BCUT2D eigenvalue weighted by atomic mass is 19.2. The van der Waals surface area contributed by atoms with E-state index < -0.39 is 34.8 Å². The molecule has 0 saturated heterocycles. The minimum absolute atomic E-state index is 0.0148. The maximum absolute atomic E-state index is 14.6. The smallest absolute Gasteiger partial charge is 0.272 e. The molecule has 0 saturated carbocycles. The number of carbonyl (C=O) groups excluding carboxylic acids is 2. The van der Waals surface area contributed by atoms with E-state index in [1.165, 1.54) is 7.05 Å². The summed E-state index contributed by atoms with van der Waals surface area (Å²) in [5.74, 6) is -4.42. The normalized spacial score (nSPS) is 17.6. The summed E-state index contributed by atoms with van der Waals surface area (Å²) in [4.78, 5) is 31.9. The average molecular weight is 451 g/mol. The van der Waals surface area contributed by atoms with Gasteiger partial charge in [0.1, 0.15) is 17.7 Å². The zero-order valence-electron chi connectivity index (χ0n) is 19.0. The third kappa shape index (κ3) is 4.36. The molecule has 2 heterocycles.